The molecule has 31 heavy (non-hydrogen) atoms. The quantitative estimate of drug-likeness (QED) is 0.579. The van der Waals surface area contributed by atoms with Crippen LogP contribution >= 0.6 is 0 Å². The number of pyridine rings is 1. The first-order valence-corrected chi connectivity index (χ1v) is 8.93. The third-order valence-corrected chi connectivity index (χ3v) is 4.28. The molecule has 0 aliphatic heterocycles. The third kappa shape index (κ3) is 5.12. The Kier molecular flexibility index (Phi) is 6.44. The van der Waals surface area contributed by atoms with Crippen LogP contribution in [-0.4, -0.2) is 44.6 Å². The van der Waals surface area contributed by atoms with Crippen molar-refractivity contribution in [2.45, 2.75) is 19.0 Å². The number of hydrogen-bond acceptors (Lipinski definition) is 5. The zero-order chi connectivity index (χ0) is 22.6. The van der Waals surface area contributed by atoms with E-state index in [2.05, 4.69) is 10.1 Å². The lowest BCUT2D eigenvalue weighted by atomic mass is 10.1. The van der Waals surface area contributed by atoms with Crippen LogP contribution in [0.25, 0.3) is 16.9 Å². The highest BCUT2D eigenvalue weighted by Crippen LogP contribution is 2.20. The van der Waals surface area contributed by atoms with Gasteiger partial charge in [-0.2, -0.15) is 23.0 Å². The number of carbonyl (C=O) groups is 1. The van der Waals surface area contributed by atoms with E-state index in [0.29, 0.717) is 11.1 Å². The Morgan fingerprint density at radius 3 is 2.48 bits per heavy atom. The van der Waals surface area contributed by atoms with Gasteiger partial charge in [-0.15, -0.1) is 0 Å². The molecule has 1 amide bonds. The maximum atomic E-state index is 12.8. The molecule has 3 aromatic rings. The van der Waals surface area contributed by atoms with Crippen molar-refractivity contribution in [2.24, 2.45) is 0 Å². The number of aliphatic hydroxyl groups is 1. The average Bonchev–Trinajstić information content (AvgIpc) is 2.77. The van der Waals surface area contributed by atoms with Gasteiger partial charge in [-0.1, -0.05) is 24.3 Å². The van der Waals surface area contributed by atoms with Gasteiger partial charge in [0.1, 0.15) is 12.2 Å². The maximum Gasteiger partial charge on any atom is 0.416 e. The fourth-order valence-corrected chi connectivity index (χ4v) is 2.62. The van der Waals surface area contributed by atoms with Gasteiger partial charge in [-0.25, -0.2) is 4.39 Å². The van der Waals surface area contributed by atoms with Gasteiger partial charge < -0.3 is 10.4 Å². The van der Waals surface area contributed by atoms with Gasteiger partial charge in [0.2, 0.25) is 0 Å². The molecule has 1 atom stereocenters. The summed E-state index contributed by atoms with van der Waals surface area (Å²) in [4.78, 5) is 29.2. The molecule has 0 saturated carbocycles. The molecule has 7 nitrogen and oxygen atoms in total. The van der Waals surface area contributed by atoms with Gasteiger partial charge in [0, 0.05) is 11.8 Å². The largest absolute Gasteiger partial charge is 0.416 e. The van der Waals surface area contributed by atoms with Crippen molar-refractivity contribution < 1.29 is 27.5 Å². The number of nitrogens with one attached hydrogen (secondary N) is 1. The molecule has 162 valence electrons. The first-order valence-electron chi connectivity index (χ1n) is 8.93. The number of alkyl halides is 4. The molecule has 11 heteroatoms. The molecule has 2 aromatic heterocycles. The Balaban J connectivity index is 2.05. The van der Waals surface area contributed by atoms with Crippen LogP contribution in [0.4, 0.5) is 17.6 Å². The predicted octanol–water partition coefficient (Wildman–Crippen LogP) is 2.42. The SMILES string of the molecule is O=C(NCC(O)C(F)(F)F)c1cc(-c2ccc(CF)cc2)nn(-c2cccnc2)c1=O. The molecule has 1 unspecified atom stereocenters. The molecular formula is C20H16F4N4O3. The van der Waals surface area contributed by atoms with Crippen molar-refractivity contribution in [2.75, 3.05) is 6.54 Å². The van der Waals surface area contributed by atoms with E-state index in [-0.39, 0.29) is 11.4 Å². The summed E-state index contributed by atoms with van der Waals surface area (Å²) in [5.74, 6) is -1.12. The molecule has 0 spiro atoms. The van der Waals surface area contributed by atoms with Crippen LogP contribution in [0.2, 0.25) is 0 Å². The van der Waals surface area contributed by atoms with Gasteiger partial charge in [0.05, 0.1) is 24.1 Å². The van der Waals surface area contributed by atoms with Crippen molar-refractivity contribution in [1.29, 1.82) is 0 Å². The first kappa shape index (κ1) is 22.1. The van der Waals surface area contributed by atoms with Crippen molar-refractivity contribution in [1.82, 2.24) is 20.1 Å². The van der Waals surface area contributed by atoms with E-state index in [1.165, 1.54) is 48.8 Å². The predicted molar refractivity (Wildman–Crippen MR) is 102 cm³/mol. The summed E-state index contributed by atoms with van der Waals surface area (Å²) in [7, 11) is 0. The fraction of sp³-hybridized carbons (Fsp3) is 0.200. The summed E-state index contributed by atoms with van der Waals surface area (Å²) in [6.45, 7) is -1.81. The minimum Gasteiger partial charge on any atom is -0.382 e. The third-order valence-electron chi connectivity index (χ3n) is 4.28. The number of rotatable bonds is 6. The lowest BCUT2D eigenvalue weighted by Gasteiger charge is -2.15. The van der Waals surface area contributed by atoms with Crippen LogP contribution in [0, 0.1) is 0 Å². The first-order chi connectivity index (χ1) is 14.7. The Morgan fingerprint density at radius 1 is 1.19 bits per heavy atom. The van der Waals surface area contributed by atoms with Crippen LogP contribution in [0.1, 0.15) is 15.9 Å². The number of carbonyl (C=O) groups excluding carboxylic acids is 1. The van der Waals surface area contributed by atoms with E-state index in [0.717, 1.165) is 10.7 Å². The van der Waals surface area contributed by atoms with Gasteiger partial charge in [0.25, 0.3) is 11.5 Å². The Hall–Kier alpha value is -3.60. The Bertz CT molecular complexity index is 1120. The lowest BCUT2D eigenvalue weighted by molar-refractivity contribution is -0.201. The second kappa shape index (κ2) is 9.04. The van der Waals surface area contributed by atoms with Crippen LogP contribution in [-0.2, 0) is 6.67 Å². The maximum absolute atomic E-state index is 12.8. The number of benzene rings is 1. The minimum absolute atomic E-state index is 0.149. The summed E-state index contributed by atoms with van der Waals surface area (Å²) < 4.78 is 51.2. The number of nitrogens with zero attached hydrogens (tertiary/aromatic N) is 3. The molecule has 3 rings (SSSR count). The second-order valence-corrected chi connectivity index (χ2v) is 6.47. The molecular weight excluding hydrogens is 420 g/mol. The van der Waals surface area contributed by atoms with E-state index in [1.54, 1.807) is 0 Å². The number of halogens is 4. The molecule has 0 bridgehead atoms. The molecule has 0 saturated heterocycles. The van der Waals surface area contributed by atoms with Gasteiger partial charge in [0.15, 0.2) is 6.10 Å². The second-order valence-electron chi connectivity index (χ2n) is 6.47. The highest BCUT2D eigenvalue weighted by Gasteiger charge is 2.38. The number of hydrogen-bond donors (Lipinski definition) is 2. The van der Waals surface area contributed by atoms with Crippen LogP contribution in [0.15, 0.2) is 59.7 Å². The van der Waals surface area contributed by atoms with E-state index >= 15 is 0 Å². The van der Waals surface area contributed by atoms with Gasteiger partial charge in [-0.05, 0) is 23.8 Å². The topological polar surface area (TPSA) is 97.1 Å². The normalized spacial score (nSPS) is 12.4. The lowest BCUT2D eigenvalue weighted by Crippen LogP contribution is -2.42. The zero-order valence-electron chi connectivity index (χ0n) is 15.8. The van der Waals surface area contributed by atoms with E-state index < -0.39 is 42.5 Å². The number of aromatic nitrogens is 3. The molecule has 0 fully saturated rings. The number of amides is 1. The average molecular weight is 436 g/mol. The summed E-state index contributed by atoms with van der Waals surface area (Å²) in [6.07, 6.45) is -4.93. The molecule has 0 aliphatic carbocycles. The molecule has 0 aliphatic rings. The Labute approximate surface area is 173 Å². The van der Waals surface area contributed by atoms with Gasteiger partial charge >= 0.3 is 6.18 Å². The van der Waals surface area contributed by atoms with Crippen LogP contribution in [0.5, 0.6) is 0 Å². The van der Waals surface area contributed by atoms with Crippen molar-refractivity contribution in [3.8, 4) is 16.9 Å². The highest BCUT2D eigenvalue weighted by atomic mass is 19.4. The smallest absolute Gasteiger partial charge is 0.382 e. The molecule has 2 N–H and O–H groups in total. The van der Waals surface area contributed by atoms with Crippen LogP contribution < -0.4 is 10.9 Å². The van der Waals surface area contributed by atoms with Crippen molar-refractivity contribution in [3.63, 3.8) is 0 Å². The van der Waals surface area contributed by atoms with Crippen LogP contribution in [0.3, 0.4) is 0 Å². The zero-order valence-corrected chi connectivity index (χ0v) is 15.8. The Morgan fingerprint density at radius 2 is 1.90 bits per heavy atom. The van der Waals surface area contributed by atoms with Crippen molar-refractivity contribution >= 4 is 5.91 Å². The molecule has 1 aromatic carbocycles. The summed E-state index contributed by atoms with van der Waals surface area (Å²) >= 11 is 0. The summed E-state index contributed by atoms with van der Waals surface area (Å²) in [5, 5.41) is 15.2. The molecule has 2 heterocycles. The monoisotopic (exact) mass is 436 g/mol. The minimum atomic E-state index is -4.93. The number of aliphatic hydroxyl groups excluding tert-OH is 1. The van der Waals surface area contributed by atoms with Crippen molar-refractivity contribution in [3.05, 3.63) is 76.3 Å². The standard InChI is InChI=1S/C20H16F4N4O3/c21-9-12-3-5-13(6-4-12)16-8-15(18(30)26-11-17(29)20(22,23)24)19(31)28(27-16)14-2-1-7-25-10-14/h1-8,10,17,29H,9,11H2,(H,26,30). The fourth-order valence-electron chi connectivity index (χ4n) is 2.62. The highest BCUT2D eigenvalue weighted by molar-refractivity contribution is 5.94. The summed E-state index contributed by atoms with van der Waals surface area (Å²) in [5.41, 5.74) is -0.161. The van der Waals surface area contributed by atoms with E-state index in [4.69, 9.17) is 5.11 Å². The van der Waals surface area contributed by atoms with E-state index in [1.807, 2.05) is 5.32 Å². The summed E-state index contributed by atoms with van der Waals surface area (Å²) in [6, 6.07) is 10.2. The molecule has 0 radical (unpaired) electrons. The van der Waals surface area contributed by atoms with Gasteiger partial charge in [-0.3, -0.25) is 14.6 Å². The van der Waals surface area contributed by atoms with E-state index in [9.17, 15) is 27.2 Å².